The molecule has 6 nitrogen and oxygen atoms in total. The van der Waals surface area contributed by atoms with Crippen LogP contribution in [0.15, 0.2) is 35.2 Å². The van der Waals surface area contributed by atoms with E-state index < -0.39 is 6.04 Å². The highest BCUT2D eigenvalue weighted by Crippen LogP contribution is 2.27. The Balaban J connectivity index is 1.93. The van der Waals surface area contributed by atoms with Crippen LogP contribution in [0.3, 0.4) is 0 Å². The molecule has 3 unspecified atom stereocenters. The first kappa shape index (κ1) is 18.9. The van der Waals surface area contributed by atoms with Crippen molar-refractivity contribution in [2.45, 2.75) is 42.3 Å². The van der Waals surface area contributed by atoms with Crippen LogP contribution < -0.4 is 11.5 Å². The minimum absolute atomic E-state index is 0.164. The van der Waals surface area contributed by atoms with E-state index in [9.17, 15) is 9.59 Å². The summed E-state index contributed by atoms with van der Waals surface area (Å²) in [4.78, 5) is 25.5. The second-order valence-electron chi connectivity index (χ2n) is 6.20. The van der Waals surface area contributed by atoms with Gasteiger partial charge in [-0.15, -0.1) is 0 Å². The molecule has 0 aromatic heterocycles. The Morgan fingerprint density at radius 2 is 2.12 bits per heavy atom. The van der Waals surface area contributed by atoms with E-state index >= 15 is 0 Å². The summed E-state index contributed by atoms with van der Waals surface area (Å²) in [7, 11) is 1.96. The molecule has 4 N–H and O–H groups in total. The summed E-state index contributed by atoms with van der Waals surface area (Å²) in [6.45, 7) is 1.29. The number of aldehydes is 1. The van der Waals surface area contributed by atoms with Crippen molar-refractivity contribution in [2.24, 2.45) is 11.5 Å². The lowest BCUT2D eigenvalue weighted by atomic mass is 10.1. The zero-order valence-electron chi connectivity index (χ0n) is 14.0. The largest absolute Gasteiger partial charge is 0.368 e. The summed E-state index contributed by atoms with van der Waals surface area (Å²) in [6.07, 6.45) is 3.47. The molecule has 1 aromatic carbocycles. The minimum atomic E-state index is -0.499. The summed E-state index contributed by atoms with van der Waals surface area (Å²) < 4.78 is 2.12. The van der Waals surface area contributed by atoms with E-state index in [-0.39, 0.29) is 11.9 Å². The fourth-order valence-corrected chi connectivity index (χ4v) is 4.10. The molecule has 7 heteroatoms. The van der Waals surface area contributed by atoms with E-state index in [1.165, 1.54) is 0 Å². The van der Waals surface area contributed by atoms with Crippen molar-refractivity contribution in [1.82, 2.24) is 9.21 Å². The van der Waals surface area contributed by atoms with Gasteiger partial charge in [0.25, 0.3) is 0 Å². The third-order valence-corrected chi connectivity index (χ3v) is 5.52. The number of hydrogen-bond donors (Lipinski definition) is 2. The van der Waals surface area contributed by atoms with Gasteiger partial charge in [-0.3, -0.25) is 9.69 Å². The number of primary amides is 1. The first-order valence-corrected chi connectivity index (χ1v) is 8.98. The number of carbonyl (C=O) groups excluding carboxylic acids is 2. The van der Waals surface area contributed by atoms with Crippen LogP contribution >= 0.6 is 11.9 Å². The molecule has 1 heterocycles. The molecule has 1 aromatic rings. The SMILES string of the molecule is CN1C(CCN(CC(N)C=O)Sc2ccccc2)CCC1C(N)=O. The maximum absolute atomic E-state index is 11.4. The number of carbonyl (C=O) groups is 2. The van der Waals surface area contributed by atoms with Gasteiger partial charge in [0.15, 0.2) is 0 Å². The van der Waals surface area contributed by atoms with Crippen LogP contribution in [0.1, 0.15) is 19.3 Å². The standard InChI is InChI=1S/C17H26N4O2S/c1-20-14(7-8-16(20)17(19)23)9-10-21(11-13(18)12-22)24-15-5-3-2-4-6-15/h2-6,12-14,16H,7-11,18H2,1H3,(H2,19,23). The van der Waals surface area contributed by atoms with Gasteiger partial charge in [-0.2, -0.15) is 0 Å². The van der Waals surface area contributed by atoms with Gasteiger partial charge >= 0.3 is 0 Å². The molecule has 1 aliphatic heterocycles. The topological polar surface area (TPSA) is 92.7 Å². The monoisotopic (exact) mass is 350 g/mol. The summed E-state index contributed by atoms with van der Waals surface area (Å²) in [5.74, 6) is -0.251. The first-order valence-electron chi connectivity index (χ1n) is 8.21. The maximum atomic E-state index is 11.4. The zero-order valence-corrected chi connectivity index (χ0v) is 14.8. The van der Waals surface area contributed by atoms with E-state index in [0.717, 1.165) is 37.0 Å². The number of amides is 1. The Kier molecular flexibility index (Phi) is 7.23. The Morgan fingerprint density at radius 1 is 1.42 bits per heavy atom. The second-order valence-corrected chi connectivity index (χ2v) is 7.37. The van der Waals surface area contributed by atoms with E-state index in [0.29, 0.717) is 12.6 Å². The second kappa shape index (κ2) is 9.17. The fourth-order valence-electron chi connectivity index (χ4n) is 3.08. The number of nitrogens with two attached hydrogens (primary N) is 2. The third kappa shape index (κ3) is 5.31. The van der Waals surface area contributed by atoms with Gasteiger partial charge in [0.1, 0.15) is 6.29 Å². The number of rotatable bonds is 9. The first-order chi connectivity index (χ1) is 11.5. The highest BCUT2D eigenvalue weighted by atomic mass is 32.2. The Labute approximate surface area is 147 Å². The molecule has 2 rings (SSSR count). The van der Waals surface area contributed by atoms with E-state index in [4.69, 9.17) is 11.5 Å². The van der Waals surface area contributed by atoms with E-state index in [1.807, 2.05) is 37.4 Å². The lowest BCUT2D eigenvalue weighted by Crippen LogP contribution is -2.42. The third-order valence-electron chi connectivity index (χ3n) is 4.45. The van der Waals surface area contributed by atoms with Gasteiger partial charge in [0.2, 0.25) is 5.91 Å². The Hall–Kier alpha value is -1.41. The molecule has 1 aliphatic rings. The van der Waals surface area contributed by atoms with Crippen molar-refractivity contribution in [3.05, 3.63) is 30.3 Å². The molecule has 0 bridgehead atoms. The molecule has 24 heavy (non-hydrogen) atoms. The van der Waals surface area contributed by atoms with E-state index in [1.54, 1.807) is 11.9 Å². The predicted octanol–water partition coefficient (Wildman–Crippen LogP) is 0.860. The summed E-state index contributed by atoms with van der Waals surface area (Å²) in [5, 5.41) is 0. The average Bonchev–Trinajstić information content (AvgIpc) is 2.94. The van der Waals surface area contributed by atoms with Crippen LogP contribution in [-0.2, 0) is 9.59 Å². The highest BCUT2D eigenvalue weighted by molar-refractivity contribution is 7.97. The number of benzene rings is 1. The smallest absolute Gasteiger partial charge is 0.234 e. The van der Waals surface area contributed by atoms with Gasteiger partial charge in [-0.25, -0.2) is 4.31 Å². The van der Waals surface area contributed by atoms with Crippen molar-refractivity contribution >= 4 is 24.1 Å². The van der Waals surface area contributed by atoms with Crippen LogP contribution in [0, 0.1) is 0 Å². The van der Waals surface area contributed by atoms with Crippen LogP contribution in [0.4, 0.5) is 0 Å². The quantitative estimate of drug-likeness (QED) is 0.507. The average molecular weight is 350 g/mol. The minimum Gasteiger partial charge on any atom is -0.368 e. The molecule has 3 atom stereocenters. The van der Waals surface area contributed by atoms with Gasteiger partial charge in [0, 0.05) is 24.0 Å². The lowest BCUT2D eigenvalue weighted by Gasteiger charge is -2.27. The molecule has 1 amide bonds. The van der Waals surface area contributed by atoms with Gasteiger partial charge in [-0.1, -0.05) is 18.2 Å². The van der Waals surface area contributed by atoms with Crippen molar-refractivity contribution < 1.29 is 9.59 Å². The van der Waals surface area contributed by atoms with Crippen molar-refractivity contribution in [3.63, 3.8) is 0 Å². The van der Waals surface area contributed by atoms with Crippen LogP contribution in [0.25, 0.3) is 0 Å². The number of hydrogen-bond acceptors (Lipinski definition) is 6. The molecule has 0 radical (unpaired) electrons. The molecule has 1 saturated heterocycles. The van der Waals surface area contributed by atoms with Crippen molar-refractivity contribution in [2.75, 3.05) is 20.1 Å². The number of likely N-dealkylation sites (N-methyl/N-ethyl adjacent to an activating group) is 1. The fraction of sp³-hybridized carbons (Fsp3) is 0.529. The molecule has 0 spiro atoms. The summed E-state index contributed by atoms with van der Waals surface area (Å²) in [6, 6.07) is 9.69. The maximum Gasteiger partial charge on any atom is 0.234 e. The Morgan fingerprint density at radius 3 is 2.71 bits per heavy atom. The molecule has 1 fully saturated rings. The molecule has 0 aliphatic carbocycles. The highest BCUT2D eigenvalue weighted by Gasteiger charge is 2.33. The van der Waals surface area contributed by atoms with Crippen LogP contribution in [0.2, 0.25) is 0 Å². The summed E-state index contributed by atoms with van der Waals surface area (Å²) >= 11 is 1.61. The van der Waals surface area contributed by atoms with E-state index in [2.05, 4.69) is 9.21 Å². The van der Waals surface area contributed by atoms with Gasteiger partial charge < -0.3 is 16.3 Å². The van der Waals surface area contributed by atoms with Crippen molar-refractivity contribution in [1.29, 1.82) is 0 Å². The molecule has 0 saturated carbocycles. The molecular weight excluding hydrogens is 324 g/mol. The predicted molar refractivity (Wildman–Crippen MR) is 96.3 cm³/mol. The Bertz CT molecular complexity index is 543. The van der Waals surface area contributed by atoms with Crippen LogP contribution in [0.5, 0.6) is 0 Å². The van der Waals surface area contributed by atoms with Crippen molar-refractivity contribution in [3.8, 4) is 0 Å². The normalized spacial score (nSPS) is 22.6. The zero-order chi connectivity index (χ0) is 17.5. The van der Waals surface area contributed by atoms with Gasteiger partial charge in [-0.05, 0) is 50.4 Å². The summed E-state index contributed by atoms with van der Waals surface area (Å²) in [5.41, 5.74) is 11.2. The van der Waals surface area contributed by atoms with Gasteiger partial charge in [0.05, 0.1) is 12.1 Å². The lowest BCUT2D eigenvalue weighted by molar-refractivity contribution is -0.122. The number of nitrogens with zero attached hydrogens (tertiary/aromatic N) is 2. The van der Waals surface area contributed by atoms with Crippen LogP contribution in [-0.4, -0.2) is 59.7 Å². The number of likely N-dealkylation sites (tertiary alicyclic amines) is 1. The molecule has 132 valence electrons. The molecular formula is C17H26N4O2S.